The van der Waals surface area contributed by atoms with Crippen molar-refractivity contribution in [1.29, 1.82) is 0 Å². The van der Waals surface area contributed by atoms with Crippen molar-refractivity contribution in [2.75, 3.05) is 12.4 Å². The number of rotatable bonds is 5. The van der Waals surface area contributed by atoms with Crippen molar-refractivity contribution in [3.63, 3.8) is 0 Å². The van der Waals surface area contributed by atoms with E-state index in [1.165, 1.54) is 12.3 Å². The Kier molecular flexibility index (Phi) is 4.72. The van der Waals surface area contributed by atoms with Gasteiger partial charge in [0.05, 0.1) is 6.20 Å². The molecule has 0 bridgehead atoms. The first-order valence-electron chi connectivity index (χ1n) is 4.19. The van der Waals surface area contributed by atoms with Crippen molar-refractivity contribution in [3.8, 4) is 0 Å². The fourth-order valence-electron chi connectivity index (χ4n) is 0.977. The third-order valence-corrected chi connectivity index (χ3v) is 1.85. The lowest BCUT2D eigenvalue weighted by molar-refractivity contribution is 0.612. The van der Waals surface area contributed by atoms with E-state index in [1.807, 2.05) is 0 Å². The molecule has 1 aromatic rings. The van der Waals surface area contributed by atoms with Gasteiger partial charge in [-0.25, -0.2) is 4.39 Å². The molecule has 1 rings (SSSR count). The molecular weight excluding hydrogens is 191 g/mol. The minimum atomic E-state index is -0.295. The molecule has 0 radical (unpaired) electrons. The first-order valence-corrected chi connectivity index (χ1v) is 4.72. The van der Waals surface area contributed by atoms with E-state index < -0.39 is 0 Å². The SMILES string of the molecule is Fc1cncc(CNCCCCl)c1. The van der Waals surface area contributed by atoms with Crippen molar-refractivity contribution in [2.24, 2.45) is 0 Å². The van der Waals surface area contributed by atoms with Crippen molar-refractivity contribution in [2.45, 2.75) is 13.0 Å². The monoisotopic (exact) mass is 202 g/mol. The van der Waals surface area contributed by atoms with Crippen molar-refractivity contribution >= 4 is 11.6 Å². The minimum Gasteiger partial charge on any atom is -0.313 e. The third-order valence-electron chi connectivity index (χ3n) is 1.58. The molecule has 1 N–H and O–H groups in total. The number of hydrogen-bond acceptors (Lipinski definition) is 2. The highest BCUT2D eigenvalue weighted by atomic mass is 35.5. The van der Waals surface area contributed by atoms with Crippen LogP contribution in [0.3, 0.4) is 0 Å². The highest BCUT2D eigenvalue weighted by molar-refractivity contribution is 6.17. The molecule has 0 aliphatic carbocycles. The maximum atomic E-state index is 12.6. The zero-order valence-corrected chi connectivity index (χ0v) is 8.02. The lowest BCUT2D eigenvalue weighted by atomic mass is 10.3. The Hall–Kier alpha value is -0.670. The lowest BCUT2D eigenvalue weighted by Gasteiger charge is -2.02. The molecule has 0 spiro atoms. The summed E-state index contributed by atoms with van der Waals surface area (Å²) in [5.41, 5.74) is 0.856. The Labute approximate surface area is 82.1 Å². The van der Waals surface area contributed by atoms with Gasteiger partial charge in [-0.05, 0) is 24.6 Å². The molecule has 13 heavy (non-hydrogen) atoms. The largest absolute Gasteiger partial charge is 0.313 e. The molecular formula is C9H12ClFN2. The molecule has 4 heteroatoms. The average molecular weight is 203 g/mol. The van der Waals surface area contributed by atoms with Gasteiger partial charge in [-0.1, -0.05) is 0 Å². The average Bonchev–Trinajstić information content (AvgIpc) is 2.13. The molecule has 2 nitrogen and oxygen atoms in total. The number of nitrogens with zero attached hydrogens (tertiary/aromatic N) is 1. The first kappa shape index (κ1) is 10.4. The normalized spacial score (nSPS) is 10.3. The highest BCUT2D eigenvalue weighted by Crippen LogP contribution is 1.99. The maximum Gasteiger partial charge on any atom is 0.141 e. The van der Waals surface area contributed by atoms with Gasteiger partial charge in [0.2, 0.25) is 0 Å². The second kappa shape index (κ2) is 5.89. The fourth-order valence-corrected chi connectivity index (χ4v) is 1.11. The molecule has 0 aliphatic rings. The van der Waals surface area contributed by atoms with Crippen LogP contribution < -0.4 is 5.32 Å². The first-order chi connectivity index (χ1) is 6.33. The van der Waals surface area contributed by atoms with Crippen LogP contribution in [-0.2, 0) is 6.54 Å². The van der Waals surface area contributed by atoms with Crippen LogP contribution in [0.2, 0.25) is 0 Å². The fraction of sp³-hybridized carbons (Fsp3) is 0.444. The summed E-state index contributed by atoms with van der Waals surface area (Å²) in [7, 11) is 0. The predicted octanol–water partition coefficient (Wildman–Crippen LogP) is 1.94. The van der Waals surface area contributed by atoms with Gasteiger partial charge in [-0.15, -0.1) is 11.6 Å². The van der Waals surface area contributed by atoms with Crippen LogP contribution in [0.5, 0.6) is 0 Å². The van der Waals surface area contributed by atoms with E-state index in [-0.39, 0.29) is 5.82 Å². The number of pyridine rings is 1. The van der Waals surface area contributed by atoms with Crippen molar-refractivity contribution in [1.82, 2.24) is 10.3 Å². The van der Waals surface area contributed by atoms with Crippen LogP contribution in [0.1, 0.15) is 12.0 Å². The lowest BCUT2D eigenvalue weighted by Crippen LogP contribution is -2.15. The van der Waals surface area contributed by atoms with E-state index in [2.05, 4.69) is 10.3 Å². The predicted molar refractivity (Wildman–Crippen MR) is 51.2 cm³/mol. The van der Waals surface area contributed by atoms with Crippen LogP contribution >= 0.6 is 11.6 Å². The Morgan fingerprint density at radius 2 is 2.31 bits per heavy atom. The Morgan fingerprint density at radius 1 is 1.46 bits per heavy atom. The summed E-state index contributed by atoms with van der Waals surface area (Å²) < 4.78 is 12.6. The molecule has 1 heterocycles. The Bertz CT molecular complexity index is 255. The van der Waals surface area contributed by atoms with E-state index in [4.69, 9.17) is 11.6 Å². The number of alkyl halides is 1. The topological polar surface area (TPSA) is 24.9 Å². The van der Waals surface area contributed by atoms with Gasteiger partial charge >= 0.3 is 0 Å². The van der Waals surface area contributed by atoms with Crippen LogP contribution in [0.4, 0.5) is 4.39 Å². The molecule has 0 saturated carbocycles. The number of nitrogens with one attached hydrogen (secondary N) is 1. The van der Waals surface area contributed by atoms with Gasteiger partial charge in [0, 0.05) is 18.6 Å². The van der Waals surface area contributed by atoms with E-state index in [0.29, 0.717) is 12.4 Å². The van der Waals surface area contributed by atoms with Crippen LogP contribution in [-0.4, -0.2) is 17.4 Å². The molecule has 0 aliphatic heterocycles. The van der Waals surface area contributed by atoms with Crippen molar-refractivity contribution in [3.05, 3.63) is 29.8 Å². The van der Waals surface area contributed by atoms with Crippen LogP contribution in [0.15, 0.2) is 18.5 Å². The van der Waals surface area contributed by atoms with Crippen molar-refractivity contribution < 1.29 is 4.39 Å². The summed E-state index contributed by atoms with van der Waals surface area (Å²) in [4.78, 5) is 3.74. The highest BCUT2D eigenvalue weighted by Gasteiger charge is 1.94. The number of aromatic nitrogens is 1. The quantitative estimate of drug-likeness (QED) is 0.583. The van der Waals surface area contributed by atoms with Gasteiger partial charge in [0.25, 0.3) is 0 Å². The third kappa shape index (κ3) is 4.20. The second-order valence-electron chi connectivity index (χ2n) is 2.73. The van der Waals surface area contributed by atoms with Crippen LogP contribution in [0.25, 0.3) is 0 Å². The van der Waals surface area contributed by atoms with Gasteiger partial charge < -0.3 is 5.32 Å². The standard InChI is InChI=1S/C9H12ClFN2/c10-2-1-3-12-5-8-4-9(11)7-13-6-8/h4,6-7,12H,1-3,5H2. The zero-order valence-electron chi connectivity index (χ0n) is 7.26. The molecule has 0 amide bonds. The molecule has 0 atom stereocenters. The second-order valence-corrected chi connectivity index (χ2v) is 3.11. The molecule has 0 unspecified atom stereocenters. The van der Waals surface area contributed by atoms with E-state index in [9.17, 15) is 4.39 Å². The summed E-state index contributed by atoms with van der Waals surface area (Å²) in [5.74, 6) is 0.352. The maximum absolute atomic E-state index is 12.6. The van der Waals surface area contributed by atoms with E-state index in [1.54, 1.807) is 6.20 Å². The van der Waals surface area contributed by atoms with Gasteiger partial charge in [0.1, 0.15) is 5.82 Å². The zero-order chi connectivity index (χ0) is 9.52. The molecule has 0 saturated heterocycles. The van der Waals surface area contributed by atoms with Crippen LogP contribution in [0, 0.1) is 5.82 Å². The summed E-state index contributed by atoms with van der Waals surface area (Å²) >= 11 is 5.50. The van der Waals surface area contributed by atoms with Gasteiger partial charge in [-0.3, -0.25) is 4.98 Å². The molecule has 0 fully saturated rings. The summed E-state index contributed by atoms with van der Waals surface area (Å²) in [6, 6.07) is 1.47. The summed E-state index contributed by atoms with van der Waals surface area (Å²) in [5, 5.41) is 3.14. The number of hydrogen-bond donors (Lipinski definition) is 1. The summed E-state index contributed by atoms with van der Waals surface area (Å²) in [6.07, 6.45) is 3.77. The molecule has 72 valence electrons. The molecule has 1 aromatic heterocycles. The minimum absolute atomic E-state index is 0.295. The van der Waals surface area contributed by atoms with Gasteiger partial charge in [-0.2, -0.15) is 0 Å². The number of halogens is 2. The summed E-state index contributed by atoms with van der Waals surface area (Å²) in [6.45, 7) is 1.49. The Morgan fingerprint density at radius 3 is 3.00 bits per heavy atom. The Balaban J connectivity index is 2.28. The smallest absolute Gasteiger partial charge is 0.141 e. The van der Waals surface area contributed by atoms with E-state index in [0.717, 1.165) is 18.5 Å². The van der Waals surface area contributed by atoms with Gasteiger partial charge in [0.15, 0.2) is 0 Å². The van der Waals surface area contributed by atoms with E-state index >= 15 is 0 Å². The molecule has 0 aromatic carbocycles.